The van der Waals surface area contributed by atoms with Crippen LogP contribution in [0.3, 0.4) is 0 Å². The normalized spacial score (nSPS) is 12.9. The van der Waals surface area contributed by atoms with Crippen molar-refractivity contribution >= 4 is 23.6 Å². The van der Waals surface area contributed by atoms with Gasteiger partial charge in [-0.3, -0.25) is 9.59 Å². The van der Waals surface area contributed by atoms with E-state index >= 15 is 0 Å². The van der Waals surface area contributed by atoms with Crippen LogP contribution >= 0.6 is 0 Å². The highest BCUT2D eigenvalue weighted by molar-refractivity contribution is 5.99. The molecule has 8 heteroatoms. The number of alkyl carbamates (subject to hydrolysis) is 1. The van der Waals surface area contributed by atoms with Gasteiger partial charge < -0.3 is 25.4 Å². The molecule has 2 atom stereocenters. The third-order valence-corrected chi connectivity index (χ3v) is 5.90. The van der Waals surface area contributed by atoms with Crippen LogP contribution in [0.4, 0.5) is 10.5 Å². The molecule has 0 fully saturated rings. The van der Waals surface area contributed by atoms with Gasteiger partial charge in [0.2, 0.25) is 5.91 Å². The number of aromatic hydroxyl groups is 1. The van der Waals surface area contributed by atoms with Gasteiger partial charge in [0.25, 0.3) is 5.91 Å². The molecular weight excluding hydrogens is 482 g/mol. The van der Waals surface area contributed by atoms with E-state index in [9.17, 15) is 19.5 Å². The van der Waals surface area contributed by atoms with Crippen molar-refractivity contribution in [1.29, 1.82) is 0 Å². The van der Waals surface area contributed by atoms with Gasteiger partial charge in [0, 0.05) is 12.2 Å². The molecule has 0 heterocycles. The largest absolute Gasteiger partial charge is 0.508 e. The smallest absolute Gasteiger partial charge is 0.408 e. The summed E-state index contributed by atoms with van der Waals surface area (Å²) in [6.45, 7) is 13.4. The number of rotatable bonds is 11. The molecule has 2 rings (SSSR count). The lowest BCUT2D eigenvalue weighted by Crippen LogP contribution is -2.53. The number of amides is 3. The van der Waals surface area contributed by atoms with Gasteiger partial charge in [-0.2, -0.15) is 0 Å². The SMILES string of the molecule is CCCCN(C(=O)C(CC(C)C)NC(=O)OC(C)(C)C)C(C(=O)Nc1ccccc1C)c1ccc(O)cc1. The molecule has 38 heavy (non-hydrogen) atoms. The van der Waals surface area contributed by atoms with Crippen LogP contribution in [0.5, 0.6) is 5.75 Å². The lowest BCUT2D eigenvalue weighted by atomic mass is 9.98. The first-order valence-corrected chi connectivity index (χ1v) is 13.3. The zero-order valence-electron chi connectivity index (χ0n) is 23.7. The molecule has 2 aromatic carbocycles. The summed E-state index contributed by atoms with van der Waals surface area (Å²) in [5, 5.41) is 15.6. The fourth-order valence-corrected chi connectivity index (χ4v) is 4.08. The Balaban J connectivity index is 2.52. The lowest BCUT2D eigenvalue weighted by Gasteiger charge is -2.35. The summed E-state index contributed by atoms with van der Waals surface area (Å²) in [5.41, 5.74) is 1.37. The Morgan fingerprint density at radius 2 is 1.66 bits per heavy atom. The highest BCUT2D eigenvalue weighted by Crippen LogP contribution is 2.28. The van der Waals surface area contributed by atoms with Gasteiger partial charge in [0.05, 0.1) is 0 Å². The number of aryl methyl sites for hydroxylation is 1. The molecule has 3 N–H and O–H groups in total. The number of phenolic OH excluding ortho intramolecular Hbond substituents is 1. The highest BCUT2D eigenvalue weighted by Gasteiger charge is 2.36. The lowest BCUT2D eigenvalue weighted by molar-refractivity contribution is -0.141. The summed E-state index contributed by atoms with van der Waals surface area (Å²) in [7, 11) is 0. The Hall–Kier alpha value is -3.55. The third-order valence-electron chi connectivity index (χ3n) is 5.90. The molecule has 0 saturated heterocycles. The Labute approximate surface area is 226 Å². The summed E-state index contributed by atoms with van der Waals surface area (Å²) in [6.07, 6.45) is 1.17. The van der Waals surface area contributed by atoms with Gasteiger partial charge in [0.15, 0.2) is 0 Å². The molecule has 0 aliphatic carbocycles. The number of hydrogen-bond donors (Lipinski definition) is 3. The van der Waals surface area contributed by atoms with Gasteiger partial charge in [-0.25, -0.2) is 4.79 Å². The third kappa shape index (κ3) is 9.39. The minimum absolute atomic E-state index is 0.0579. The van der Waals surface area contributed by atoms with Gasteiger partial charge in [-0.1, -0.05) is 57.5 Å². The van der Waals surface area contributed by atoms with E-state index in [1.54, 1.807) is 32.9 Å². The van der Waals surface area contributed by atoms with Crippen LogP contribution in [0.15, 0.2) is 48.5 Å². The second-order valence-electron chi connectivity index (χ2n) is 11.0. The molecule has 208 valence electrons. The molecule has 0 bridgehead atoms. The van der Waals surface area contributed by atoms with Crippen LogP contribution in [-0.4, -0.2) is 46.1 Å². The maximum atomic E-state index is 14.1. The van der Waals surface area contributed by atoms with E-state index in [1.165, 1.54) is 17.0 Å². The molecule has 0 saturated carbocycles. The molecule has 2 aromatic rings. The second-order valence-corrected chi connectivity index (χ2v) is 11.0. The second kappa shape index (κ2) is 13.8. The van der Waals surface area contributed by atoms with Crippen LogP contribution in [0.25, 0.3) is 0 Å². The summed E-state index contributed by atoms with van der Waals surface area (Å²) in [5.74, 6) is -0.589. The predicted octanol–water partition coefficient (Wildman–Crippen LogP) is 5.95. The van der Waals surface area contributed by atoms with Crippen molar-refractivity contribution < 1.29 is 24.2 Å². The van der Waals surface area contributed by atoms with Crippen LogP contribution in [-0.2, 0) is 14.3 Å². The van der Waals surface area contributed by atoms with Gasteiger partial charge in [-0.05, 0) is 75.8 Å². The molecule has 8 nitrogen and oxygen atoms in total. The van der Waals surface area contributed by atoms with Crippen molar-refractivity contribution in [2.24, 2.45) is 5.92 Å². The predicted molar refractivity (Wildman–Crippen MR) is 150 cm³/mol. The molecule has 0 spiro atoms. The fraction of sp³-hybridized carbons (Fsp3) is 0.500. The van der Waals surface area contributed by atoms with Gasteiger partial charge in [-0.15, -0.1) is 0 Å². The Morgan fingerprint density at radius 1 is 1.03 bits per heavy atom. The van der Waals surface area contributed by atoms with Crippen molar-refractivity contribution in [3.63, 3.8) is 0 Å². The average Bonchev–Trinajstić information content (AvgIpc) is 2.81. The van der Waals surface area contributed by atoms with Crippen molar-refractivity contribution in [2.45, 2.75) is 85.4 Å². The number of nitrogens with one attached hydrogen (secondary N) is 2. The van der Waals surface area contributed by atoms with E-state index < -0.39 is 23.8 Å². The Kier molecular flexibility index (Phi) is 11.2. The molecule has 0 aromatic heterocycles. The monoisotopic (exact) mass is 525 g/mol. The summed E-state index contributed by atoms with van der Waals surface area (Å²) < 4.78 is 5.43. The van der Waals surface area contributed by atoms with Crippen LogP contribution in [0.2, 0.25) is 0 Å². The summed E-state index contributed by atoms with van der Waals surface area (Å²) in [6, 6.07) is 11.8. The number of carbonyl (C=O) groups is 3. The number of phenols is 1. The molecule has 2 unspecified atom stereocenters. The van der Waals surface area contributed by atoms with Gasteiger partial charge >= 0.3 is 6.09 Å². The van der Waals surface area contributed by atoms with Crippen LogP contribution < -0.4 is 10.6 Å². The zero-order chi connectivity index (χ0) is 28.5. The first-order valence-electron chi connectivity index (χ1n) is 13.3. The van der Waals surface area contributed by atoms with Crippen molar-refractivity contribution in [3.8, 4) is 5.75 Å². The average molecular weight is 526 g/mol. The van der Waals surface area contributed by atoms with Crippen molar-refractivity contribution in [3.05, 3.63) is 59.7 Å². The zero-order valence-corrected chi connectivity index (χ0v) is 23.7. The number of para-hydroxylation sites is 1. The summed E-state index contributed by atoms with van der Waals surface area (Å²) in [4.78, 5) is 42.2. The van der Waals surface area contributed by atoms with E-state index in [4.69, 9.17) is 4.74 Å². The van der Waals surface area contributed by atoms with Gasteiger partial charge in [0.1, 0.15) is 23.4 Å². The van der Waals surface area contributed by atoms with E-state index in [-0.39, 0.29) is 23.5 Å². The quantitative estimate of drug-likeness (QED) is 0.336. The maximum absolute atomic E-state index is 14.1. The molecule has 0 aliphatic rings. The first kappa shape index (κ1) is 30.7. The number of unbranched alkanes of at least 4 members (excludes halogenated alkanes) is 1. The van der Waals surface area contributed by atoms with Crippen molar-refractivity contribution in [2.75, 3.05) is 11.9 Å². The van der Waals surface area contributed by atoms with Crippen molar-refractivity contribution in [1.82, 2.24) is 10.2 Å². The van der Waals surface area contributed by atoms with E-state index in [0.29, 0.717) is 30.6 Å². The molecule has 0 aliphatic heterocycles. The first-order chi connectivity index (χ1) is 17.8. The molecular formula is C30H43N3O5. The van der Waals surface area contributed by atoms with E-state index in [1.807, 2.05) is 52.0 Å². The summed E-state index contributed by atoms with van der Waals surface area (Å²) >= 11 is 0. The minimum atomic E-state index is -0.982. The number of nitrogens with zero attached hydrogens (tertiary/aromatic N) is 1. The Bertz CT molecular complexity index is 1080. The molecule has 0 radical (unpaired) electrons. The Morgan fingerprint density at radius 3 is 2.21 bits per heavy atom. The standard InChI is InChI=1S/C30H43N3O5/c1-8-9-18-33(28(36)25(19-20(2)3)32-29(37)38-30(5,6)7)26(22-14-16-23(34)17-15-22)27(35)31-24-13-11-10-12-21(24)4/h10-17,20,25-26,34H,8-9,18-19H2,1-7H3,(H,31,35)(H,32,37). The topological polar surface area (TPSA) is 108 Å². The van der Waals surface area contributed by atoms with E-state index in [0.717, 1.165) is 12.0 Å². The molecule has 3 amide bonds. The number of anilines is 1. The fourth-order valence-electron chi connectivity index (χ4n) is 4.08. The number of hydrogen-bond acceptors (Lipinski definition) is 5. The maximum Gasteiger partial charge on any atom is 0.408 e. The number of ether oxygens (including phenoxy) is 1. The number of carbonyl (C=O) groups excluding carboxylic acids is 3. The number of benzene rings is 2. The van der Waals surface area contributed by atoms with Crippen LogP contribution in [0.1, 0.15) is 78.0 Å². The highest BCUT2D eigenvalue weighted by atomic mass is 16.6. The van der Waals surface area contributed by atoms with E-state index in [2.05, 4.69) is 10.6 Å². The minimum Gasteiger partial charge on any atom is -0.508 e. The van der Waals surface area contributed by atoms with Crippen LogP contribution in [0, 0.1) is 12.8 Å².